The summed E-state index contributed by atoms with van der Waals surface area (Å²) >= 11 is 1.67. The molecule has 0 saturated carbocycles. The number of carbonyl (C=O) groups is 1. The minimum absolute atomic E-state index is 0.0888. The summed E-state index contributed by atoms with van der Waals surface area (Å²) in [6, 6.07) is 13.6. The number of rotatable bonds is 6. The van der Waals surface area contributed by atoms with Crippen LogP contribution < -0.4 is 10.1 Å². The Morgan fingerprint density at radius 3 is 2.43 bits per heavy atom. The number of ether oxygens (including phenoxy) is 1. The Bertz CT molecular complexity index is 584. The van der Waals surface area contributed by atoms with Crippen LogP contribution in [0.3, 0.4) is 0 Å². The molecule has 1 N–H and O–H groups in total. The van der Waals surface area contributed by atoms with Gasteiger partial charge >= 0.3 is 0 Å². The fourth-order valence-electron chi connectivity index (χ4n) is 1.67. The summed E-state index contributed by atoms with van der Waals surface area (Å²) in [5, 5.41) is 2.77. The summed E-state index contributed by atoms with van der Waals surface area (Å²) in [7, 11) is 0. The zero-order valence-electron chi connectivity index (χ0n) is 11.6. The van der Waals surface area contributed by atoms with Gasteiger partial charge < -0.3 is 10.1 Å². The molecule has 3 nitrogen and oxygen atoms in total. The van der Waals surface area contributed by atoms with E-state index < -0.39 is 0 Å². The highest BCUT2D eigenvalue weighted by Gasteiger charge is 2.03. The first-order valence-corrected chi connectivity index (χ1v) is 7.68. The van der Waals surface area contributed by atoms with Gasteiger partial charge in [-0.1, -0.05) is 12.1 Å². The van der Waals surface area contributed by atoms with E-state index in [0.717, 1.165) is 5.56 Å². The van der Waals surface area contributed by atoms with Crippen molar-refractivity contribution in [2.45, 2.75) is 11.4 Å². The predicted octanol–water partition coefficient (Wildman–Crippen LogP) is 3.24. The van der Waals surface area contributed by atoms with Crippen LogP contribution in [0.1, 0.15) is 5.56 Å². The number of halogens is 1. The number of hydrogen-bond donors (Lipinski definition) is 1. The second kappa shape index (κ2) is 7.69. The molecule has 0 saturated heterocycles. The molecule has 0 fully saturated rings. The van der Waals surface area contributed by atoms with Crippen molar-refractivity contribution in [3.05, 3.63) is 59.9 Å². The maximum absolute atomic E-state index is 12.7. The van der Waals surface area contributed by atoms with Crippen molar-refractivity contribution in [1.29, 1.82) is 0 Å². The highest BCUT2D eigenvalue weighted by atomic mass is 32.2. The summed E-state index contributed by atoms with van der Waals surface area (Å²) in [6.07, 6.45) is 2.02. The van der Waals surface area contributed by atoms with E-state index >= 15 is 0 Å². The summed E-state index contributed by atoms with van der Waals surface area (Å²) in [5.74, 6) is -0.0790. The number of thioether (sulfide) groups is 1. The largest absolute Gasteiger partial charge is 0.484 e. The van der Waals surface area contributed by atoms with E-state index in [4.69, 9.17) is 4.74 Å². The highest BCUT2D eigenvalue weighted by Crippen LogP contribution is 2.14. The van der Waals surface area contributed by atoms with Crippen LogP contribution in [0, 0.1) is 5.82 Å². The summed E-state index contributed by atoms with van der Waals surface area (Å²) < 4.78 is 18.0. The molecule has 0 radical (unpaired) electrons. The molecular weight excluding hydrogens is 289 g/mol. The molecule has 1 amide bonds. The summed E-state index contributed by atoms with van der Waals surface area (Å²) in [5.41, 5.74) is 1.03. The lowest BCUT2D eigenvalue weighted by atomic mass is 10.2. The molecule has 0 aromatic heterocycles. The lowest BCUT2D eigenvalue weighted by Gasteiger charge is -2.08. The number of hydrogen-bond acceptors (Lipinski definition) is 3. The van der Waals surface area contributed by atoms with Crippen molar-refractivity contribution < 1.29 is 13.9 Å². The fourth-order valence-corrected chi connectivity index (χ4v) is 2.08. The third-order valence-electron chi connectivity index (χ3n) is 2.83. The summed E-state index contributed by atoms with van der Waals surface area (Å²) in [6.45, 7) is 0.370. The van der Waals surface area contributed by atoms with E-state index in [1.54, 1.807) is 11.8 Å². The maximum Gasteiger partial charge on any atom is 0.258 e. The molecule has 0 spiro atoms. The van der Waals surface area contributed by atoms with Crippen molar-refractivity contribution in [2.24, 2.45) is 0 Å². The monoisotopic (exact) mass is 305 g/mol. The van der Waals surface area contributed by atoms with Crippen molar-refractivity contribution >= 4 is 17.7 Å². The molecule has 2 aromatic rings. The average molecular weight is 305 g/mol. The normalized spacial score (nSPS) is 10.2. The number of nitrogens with one attached hydrogen (secondary N) is 1. The Morgan fingerprint density at radius 2 is 1.81 bits per heavy atom. The van der Waals surface area contributed by atoms with E-state index in [9.17, 15) is 9.18 Å². The molecule has 21 heavy (non-hydrogen) atoms. The lowest BCUT2D eigenvalue weighted by Crippen LogP contribution is -2.28. The number of carbonyl (C=O) groups excluding carboxylic acids is 1. The van der Waals surface area contributed by atoms with Crippen molar-refractivity contribution in [1.82, 2.24) is 5.32 Å². The third kappa shape index (κ3) is 5.11. The predicted molar refractivity (Wildman–Crippen MR) is 82.0 cm³/mol. The zero-order valence-corrected chi connectivity index (χ0v) is 12.5. The van der Waals surface area contributed by atoms with Gasteiger partial charge in [-0.2, -0.15) is 0 Å². The number of benzene rings is 2. The first-order chi connectivity index (χ1) is 10.2. The molecule has 0 unspecified atom stereocenters. The molecule has 0 aliphatic heterocycles. The van der Waals surface area contributed by atoms with Crippen molar-refractivity contribution in [3.8, 4) is 5.75 Å². The molecule has 0 aliphatic carbocycles. The van der Waals surface area contributed by atoms with Crippen molar-refractivity contribution in [3.63, 3.8) is 0 Å². The topological polar surface area (TPSA) is 38.3 Å². The standard InChI is InChI=1S/C16H16FNO2S/c1-21-15-8-2-12(3-9-15)10-18-16(19)11-20-14-6-4-13(17)5-7-14/h2-9H,10-11H2,1H3,(H,18,19). The molecule has 0 aliphatic rings. The van der Waals surface area contributed by atoms with Crippen LogP contribution in [0.5, 0.6) is 5.75 Å². The van der Waals surface area contributed by atoms with E-state index in [2.05, 4.69) is 5.32 Å². The molecule has 0 heterocycles. The Hall–Kier alpha value is -2.01. The first kappa shape index (κ1) is 15.4. The average Bonchev–Trinajstić information content (AvgIpc) is 2.53. The summed E-state index contributed by atoms with van der Waals surface area (Å²) in [4.78, 5) is 12.9. The van der Waals surface area contributed by atoms with Crippen molar-refractivity contribution in [2.75, 3.05) is 12.9 Å². The van der Waals surface area contributed by atoms with Gasteiger partial charge in [0.05, 0.1) is 0 Å². The van der Waals surface area contributed by atoms with Gasteiger partial charge in [-0.3, -0.25) is 4.79 Å². The van der Waals surface area contributed by atoms with Gasteiger partial charge in [-0.05, 0) is 48.2 Å². The highest BCUT2D eigenvalue weighted by molar-refractivity contribution is 7.98. The van der Waals surface area contributed by atoms with Gasteiger partial charge in [0, 0.05) is 11.4 Å². The van der Waals surface area contributed by atoms with E-state index in [1.807, 2.05) is 30.5 Å². The maximum atomic E-state index is 12.7. The second-order valence-corrected chi connectivity index (χ2v) is 5.25. The Kier molecular flexibility index (Phi) is 5.63. The van der Waals surface area contributed by atoms with Crippen LogP contribution in [-0.4, -0.2) is 18.8 Å². The molecule has 5 heteroatoms. The minimum Gasteiger partial charge on any atom is -0.484 e. The zero-order chi connectivity index (χ0) is 15.1. The molecule has 0 bridgehead atoms. The number of amides is 1. The van der Waals surface area contributed by atoms with Gasteiger partial charge in [0.2, 0.25) is 0 Å². The van der Waals surface area contributed by atoms with Gasteiger partial charge in [-0.25, -0.2) is 4.39 Å². The van der Waals surface area contributed by atoms with Gasteiger partial charge in [-0.15, -0.1) is 11.8 Å². The van der Waals surface area contributed by atoms with Crippen LogP contribution in [-0.2, 0) is 11.3 Å². The second-order valence-electron chi connectivity index (χ2n) is 4.37. The van der Waals surface area contributed by atoms with Gasteiger partial charge in [0.1, 0.15) is 11.6 Å². The van der Waals surface area contributed by atoms with E-state index in [-0.39, 0.29) is 18.3 Å². The fraction of sp³-hybridized carbons (Fsp3) is 0.188. The van der Waals surface area contributed by atoms with E-state index in [1.165, 1.54) is 29.2 Å². The van der Waals surface area contributed by atoms with Crippen LogP contribution in [0.15, 0.2) is 53.4 Å². The van der Waals surface area contributed by atoms with Crippen LogP contribution in [0.25, 0.3) is 0 Å². The Balaban J connectivity index is 1.75. The minimum atomic E-state index is -0.333. The Labute approximate surface area is 127 Å². The Morgan fingerprint density at radius 1 is 1.14 bits per heavy atom. The smallest absolute Gasteiger partial charge is 0.258 e. The van der Waals surface area contributed by atoms with Crippen LogP contribution in [0.2, 0.25) is 0 Å². The third-order valence-corrected chi connectivity index (χ3v) is 3.58. The first-order valence-electron chi connectivity index (χ1n) is 6.45. The molecule has 2 aromatic carbocycles. The SMILES string of the molecule is CSc1ccc(CNC(=O)COc2ccc(F)cc2)cc1. The molecular formula is C16H16FNO2S. The molecule has 2 rings (SSSR count). The van der Waals surface area contributed by atoms with Crippen LogP contribution in [0.4, 0.5) is 4.39 Å². The molecule has 0 atom stereocenters. The lowest BCUT2D eigenvalue weighted by molar-refractivity contribution is -0.123. The molecule has 110 valence electrons. The van der Waals surface area contributed by atoms with Crippen LogP contribution >= 0.6 is 11.8 Å². The quantitative estimate of drug-likeness (QED) is 0.833. The van der Waals surface area contributed by atoms with Gasteiger partial charge in [0.15, 0.2) is 6.61 Å². The van der Waals surface area contributed by atoms with E-state index in [0.29, 0.717) is 12.3 Å². The van der Waals surface area contributed by atoms with Gasteiger partial charge in [0.25, 0.3) is 5.91 Å².